The predicted molar refractivity (Wildman–Crippen MR) is 73.4 cm³/mol. The summed E-state index contributed by atoms with van der Waals surface area (Å²) in [4.78, 5) is 23.0. The average Bonchev–Trinajstić information content (AvgIpc) is 2.86. The number of rotatable bonds is 3. The van der Waals surface area contributed by atoms with Crippen LogP contribution >= 0.6 is 0 Å². The summed E-state index contributed by atoms with van der Waals surface area (Å²) in [6.45, 7) is 0. The van der Waals surface area contributed by atoms with Crippen molar-refractivity contribution in [2.24, 2.45) is 0 Å². The van der Waals surface area contributed by atoms with E-state index in [0.29, 0.717) is 11.4 Å². The lowest BCUT2D eigenvalue weighted by molar-refractivity contribution is 0.102. The first-order valence-electron chi connectivity index (χ1n) is 5.66. The fourth-order valence-electron chi connectivity index (χ4n) is 1.50. The van der Waals surface area contributed by atoms with Crippen molar-refractivity contribution >= 4 is 29.2 Å². The third-order valence-corrected chi connectivity index (χ3v) is 2.39. The van der Waals surface area contributed by atoms with Gasteiger partial charge in [-0.1, -0.05) is 6.07 Å². The largest absolute Gasteiger partial charge is 0.453 e. The van der Waals surface area contributed by atoms with Crippen molar-refractivity contribution in [1.82, 2.24) is 10.2 Å². The molecule has 0 atom stereocenters. The molecule has 8 heteroatoms. The molecule has 0 bridgehead atoms. The molecule has 104 valence electrons. The molecule has 0 saturated heterocycles. The zero-order chi connectivity index (χ0) is 14.5. The van der Waals surface area contributed by atoms with Gasteiger partial charge in [-0.3, -0.25) is 15.2 Å². The number of benzene rings is 1. The molecule has 1 aromatic carbocycles. The average molecular weight is 275 g/mol. The molecule has 0 aliphatic rings. The number of hydrogen-bond acceptors (Lipinski definition) is 5. The minimum absolute atomic E-state index is 0.233. The lowest BCUT2D eigenvalue weighted by Crippen LogP contribution is -2.14. The molecule has 0 radical (unpaired) electrons. The molecule has 0 aliphatic heterocycles. The van der Waals surface area contributed by atoms with E-state index in [1.165, 1.54) is 13.2 Å². The number of anilines is 3. The van der Waals surface area contributed by atoms with Gasteiger partial charge >= 0.3 is 6.09 Å². The van der Waals surface area contributed by atoms with E-state index in [1.54, 1.807) is 24.3 Å². The summed E-state index contributed by atoms with van der Waals surface area (Å²) in [5, 5.41) is 11.3. The van der Waals surface area contributed by atoms with Crippen molar-refractivity contribution < 1.29 is 14.3 Å². The fraction of sp³-hybridized carbons (Fsp3) is 0.0833. The second-order valence-corrected chi connectivity index (χ2v) is 3.86. The van der Waals surface area contributed by atoms with E-state index in [0.717, 1.165) is 0 Å². The summed E-state index contributed by atoms with van der Waals surface area (Å²) in [5.41, 5.74) is 6.67. The lowest BCUT2D eigenvalue weighted by Gasteiger charge is -2.07. The highest BCUT2D eigenvalue weighted by molar-refractivity contribution is 6.03. The zero-order valence-corrected chi connectivity index (χ0v) is 10.6. The Hall–Kier alpha value is -3.03. The molecule has 0 unspecified atom stereocenters. The van der Waals surface area contributed by atoms with Crippen LogP contribution in [0.5, 0.6) is 0 Å². The second kappa shape index (κ2) is 5.74. The molecular formula is C12H13N5O3. The predicted octanol–water partition coefficient (Wildman–Crippen LogP) is 1.42. The topological polar surface area (TPSA) is 122 Å². The molecule has 2 amide bonds. The van der Waals surface area contributed by atoms with Crippen LogP contribution in [0.4, 0.5) is 22.0 Å². The summed E-state index contributed by atoms with van der Waals surface area (Å²) in [6.07, 6.45) is -0.588. The number of ether oxygens (including phenoxy) is 1. The lowest BCUT2D eigenvalue weighted by atomic mass is 10.2. The van der Waals surface area contributed by atoms with Crippen molar-refractivity contribution in [3.05, 3.63) is 36.0 Å². The van der Waals surface area contributed by atoms with Crippen LogP contribution < -0.4 is 16.4 Å². The maximum Gasteiger partial charge on any atom is 0.411 e. The standard InChI is InChI=1S/C12H13N5O3/c1-20-12(19)15-8-4-2-3-7(5-8)14-11(18)9-6-10(13)17-16-9/h2-6H,1H3,(H,14,18)(H,15,19)(H3,13,16,17). The SMILES string of the molecule is COC(=O)Nc1cccc(NC(=O)c2cc(N)n[nH]2)c1. The number of hydrogen-bond donors (Lipinski definition) is 4. The minimum Gasteiger partial charge on any atom is -0.453 e. The van der Waals surface area contributed by atoms with Gasteiger partial charge in [-0.05, 0) is 18.2 Å². The van der Waals surface area contributed by atoms with E-state index in [-0.39, 0.29) is 17.4 Å². The van der Waals surface area contributed by atoms with Gasteiger partial charge in [0.05, 0.1) is 7.11 Å². The zero-order valence-electron chi connectivity index (χ0n) is 10.6. The van der Waals surface area contributed by atoms with Crippen molar-refractivity contribution in [1.29, 1.82) is 0 Å². The van der Waals surface area contributed by atoms with E-state index in [4.69, 9.17) is 5.73 Å². The van der Waals surface area contributed by atoms with Crippen LogP contribution in [-0.4, -0.2) is 29.3 Å². The Morgan fingerprint density at radius 1 is 1.25 bits per heavy atom. The normalized spacial score (nSPS) is 9.85. The molecule has 2 rings (SSSR count). The Bertz CT molecular complexity index is 638. The third kappa shape index (κ3) is 3.25. The number of methoxy groups -OCH3 is 1. The third-order valence-electron chi connectivity index (χ3n) is 2.39. The van der Waals surface area contributed by atoms with Crippen LogP contribution in [0.2, 0.25) is 0 Å². The van der Waals surface area contributed by atoms with Crippen molar-refractivity contribution in [2.75, 3.05) is 23.5 Å². The molecule has 1 heterocycles. The second-order valence-electron chi connectivity index (χ2n) is 3.86. The fourth-order valence-corrected chi connectivity index (χ4v) is 1.50. The number of aromatic amines is 1. The molecule has 0 saturated carbocycles. The Morgan fingerprint density at radius 3 is 2.55 bits per heavy atom. The van der Waals surface area contributed by atoms with Gasteiger partial charge in [0.1, 0.15) is 11.5 Å². The number of amides is 2. The van der Waals surface area contributed by atoms with Crippen molar-refractivity contribution in [3.63, 3.8) is 0 Å². The van der Waals surface area contributed by atoms with Crippen molar-refractivity contribution in [2.45, 2.75) is 0 Å². The first kappa shape index (κ1) is 13.4. The summed E-state index contributed by atoms with van der Waals surface area (Å²) >= 11 is 0. The van der Waals surface area contributed by atoms with Gasteiger partial charge in [-0.15, -0.1) is 0 Å². The molecule has 0 fully saturated rings. The van der Waals surface area contributed by atoms with Gasteiger partial charge in [-0.2, -0.15) is 5.10 Å². The Balaban J connectivity index is 2.08. The Kier molecular flexibility index (Phi) is 3.85. The quantitative estimate of drug-likeness (QED) is 0.674. The van der Waals surface area contributed by atoms with Gasteiger partial charge in [0.25, 0.3) is 5.91 Å². The molecule has 0 aliphatic carbocycles. The molecule has 1 aromatic heterocycles. The highest BCUT2D eigenvalue weighted by Gasteiger charge is 2.09. The first-order chi connectivity index (χ1) is 9.58. The van der Waals surface area contributed by atoms with Gasteiger partial charge in [0.15, 0.2) is 0 Å². The number of carbonyl (C=O) groups excluding carboxylic acids is 2. The Morgan fingerprint density at radius 2 is 1.95 bits per heavy atom. The molecule has 20 heavy (non-hydrogen) atoms. The molecule has 2 aromatic rings. The van der Waals surface area contributed by atoms with Crippen LogP contribution in [0.15, 0.2) is 30.3 Å². The summed E-state index contributed by atoms with van der Waals surface area (Å²) in [5.74, 6) is -0.152. The molecular weight excluding hydrogens is 262 g/mol. The van der Waals surface area contributed by atoms with E-state index in [9.17, 15) is 9.59 Å². The van der Waals surface area contributed by atoms with Crippen LogP contribution in [0, 0.1) is 0 Å². The molecule has 0 spiro atoms. The smallest absolute Gasteiger partial charge is 0.411 e. The number of aromatic nitrogens is 2. The van der Waals surface area contributed by atoms with Crippen LogP contribution in [-0.2, 0) is 4.74 Å². The van der Waals surface area contributed by atoms with Gasteiger partial charge in [0.2, 0.25) is 0 Å². The summed E-state index contributed by atoms with van der Waals surface area (Å²) in [6, 6.07) is 8.05. The van der Waals surface area contributed by atoms with Gasteiger partial charge < -0.3 is 15.8 Å². The molecule has 8 nitrogen and oxygen atoms in total. The number of nitrogens with one attached hydrogen (secondary N) is 3. The highest BCUT2D eigenvalue weighted by atomic mass is 16.5. The highest BCUT2D eigenvalue weighted by Crippen LogP contribution is 2.16. The first-order valence-corrected chi connectivity index (χ1v) is 5.66. The maximum absolute atomic E-state index is 11.9. The van der Waals surface area contributed by atoms with Crippen LogP contribution in [0.1, 0.15) is 10.5 Å². The monoisotopic (exact) mass is 275 g/mol. The van der Waals surface area contributed by atoms with Crippen LogP contribution in [0.3, 0.4) is 0 Å². The number of H-pyrrole nitrogens is 1. The number of carbonyl (C=O) groups is 2. The number of nitrogens with two attached hydrogens (primary N) is 1. The minimum atomic E-state index is -0.588. The maximum atomic E-state index is 11.9. The van der Waals surface area contributed by atoms with E-state index < -0.39 is 6.09 Å². The van der Waals surface area contributed by atoms with Gasteiger partial charge in [-0.25, -0.2) is 4.79 Å². The molecule has 5 N–H and O–H groups in total. The summed E-state index contributed by atoms with van der Waals surface area (Å²) in [7, 11) is 1.27. The van der Waals surface area contributed by atoms with Gasteiger partial charge in [0, 0.05) is 17.4 Å². The van der Waals surface area contributed by atoms with E-state index in [1.807, 2.05) is 0 Å². The summed E-state index contributed by atoms with van der Waals surface area (Å²) < 4.78 is 4.48. The number of nitrogen functional groups attached to an aromatic ring is 1. The van der Waals surface area contributed by atoms with Crippen LogP contribution in [0.25, 0.3) is 0 Å². The van der Waals surface area contributed by atoms with E-state index >= 15 is 0 Å². The van der Waals surface area contributed by atoms with Crippen molar-refractivity contribution in [3.8, 4) is 0 Å². The van der Waals surface area contributed by atoms with E-state index in [2.05, 4.69) is 25.6 Å². The Labute approximate surface area is 114 Å². The number of nitrogens with zero attached hydrogens (tertiary/aromatic N) is 1.